The largest absolute Gasteiger partial charge is 0.454 e. The van der Waals surface area contributed by atoms with Crippen molar-refractivity contribution in [2.45, 2.75) is 51.7 Å². The maximum absolute atomic E-state index is 11.6. The highest BCUT2D eigenvalue weighted by molar-refractivity contribution is 5.96. The van der Waals surface area contributed by atoms with Crippen LogP contribution in [-0.4, -0.2) is 28.3 Å². The van der Waals surface area contributed by atoms with Crippen LogP contribution in [0.15, 0.2) is 0 Å². The lowest BCUT2D eigenvalue weighted by molar-refractivity contribution is -0.538. The van der Waals surface area contributed by atoms with Crippen molar-refractivity contribution < 1.29 is 19.2 Å². The quantitative estimate of drug-likeness (QED) is 0.234. The van der Waals surface area contributed by atoms with Crippen LogP contribution in [0.2, 0.25) is 0 Å². The number of nitro groups is 1. The van der Waals surface area contributed by atoms with Crippen molar-refractivity contribution >= 4 is 12.3 Å². The molecule has 0 aromatic rings. The lowest BCUT2D eigenvalue weighted by Gasteiger charge is -2.24. The van der Waals surface area contributed by atoms with Crippen LogP contribution in [0.1, 0.15) is 40.5 Å². The fourth-order valence-corrected chi connectivity index (χ4v) is 1.17. The van der Waals surface area contributed by atoms with Crippen molar-refractivity contribution in [3.8, 4) is 0 Å². The Morgan fingerprint density at radius 1 is 1.44 bits per heavy atom. The number of hydrogen-bond donors (Lipinski definition) is 0. The van der Waals surface area contributed by atoms with Crippen LogP contribution in [0.5, 0.6) is 0 Å². The second-order valence-electron chi connectivity index (χ2n) is 4.55. The molecule has 92 valence electrons. The summed E-state index contributed by atoms with van der Waals surface area (Å²) in [6, 6.07) is 0. The fraction of sp³-hybridized carbons (Fsp3) is 0.800. The molecule has 1 unspecified atom stereocenters. The Hall–Kier alpha value is -1.46. The van der Waals surface area contributed by atoms with Gasteiger partial charge in [-0.25, -0.2) is 4.79 Å². The Morgan fingerprint density at radius 2 is 1.94 bits per heavy atom. The van der Waals surface area contributed by atoms with E-state index in [0.717, 1.165) is 0 Å². The number of esters is 1. The molecule has 0 spiro atoms. The van der Waals surface area contributed by atoms with Crippen molar-refractivity contribution in [3.63, 3.8) is 0 Å². The van der Waals surface area contributed by atoms with E-state index in [1.807, 2.05) is 0 Å². The van der Waals surface area contributed by atoms with E-state index in [-0.39, 0.29) is 12.7 Å². The number of hydrogen-bond acceptors (Lipinski definition) is 5. The van der Waals surface area contributed by atoms with Crippen molar-refractivity contribution in [2.24, 2.45) is 0 Å². The van der Waals surface area contributed by atoms with Crippen LogP contribution in [0.4, 0.5) is 0 Å². The number of aldehydes is 1. The molecule has 6 heteroatoms. The third kappa shape index (κ3) is 3.29. The van der Waals surface area contributed by atoms with Gasteiger partial charge in [-0.05, 0) is 27.2 Å². The van der Waals surface area contributed by atoms with Gasteiger partial charge >= 0.3 is 11.5 Å². The maximum Gasteiger partial charge on any atom is 0.393 e. The Balaban J connectivity index is 5.11. The molecule has 0 aromatic carbocycles. The molecule has 0 amide bonds. The number of carbonyl (C=O) groups is 2. The third-order valence-electron chi connectivity index (χ3n) is 1.90. The molecule has 0 saturated carbocycles. The summed E-state index contributed by atoms with van der Waals surface area (Å²) >= 11 is 0. The van der Waals surface area contributed by atoms with Crippen LogP contribution in [0.25, 0.3) is 0 Å². The second-order valence-corrected chi connectivity index (χ2v) is 4.55. The van der Waals surface area contributed by atoms with Gasteiger partial charge in [0.05, 0.1) is 0 Å². The summed E-state index contributed by atoms with van der Waals surface area (Å²) in [5, 5.41) is 10.8. The lowest BCUT2D eigenvalue weighted by Crippen LogP contribution is -2.51. The zero-order chi connectivity index (χ0) is 13.0. The highest BCUT2D eigenvalue weighted by Gasteiger charge is 2.53. The number of ether oxygens (including phenoxy) is 1. The number of nitrogens with zero attached hydrogens (tertiary/aromatic N) is 1. The Labute approximate surface area is 94.1 Å². The molecule has 0 aliphatic heterocycles. The summed E-state index contributed by atoms with van der Waals surface area (Å²) < 4.78 is 4.90. The highest BCUT2D eigenvalue weighted by Crippen LogP contribution is 2.20. The summed E-state index contributed by atoms with van der Waals surface area (Å²) in [5.41, 5.74) is -3.11. The minimum Gasteiger partial charge on any atom is -0.454 e. The van der Waals surface area contributed by atoms with E-state index in [9.17, 15) is 19.7 Å². The van der Waals surface area contributed by atoms with Crippen LogP contribution < -0.4 is 0 Å². The summed E-state index contributed by atoms with van der Waals surface area (Å²) in [6.07, 6.45) is 0.252. The molecule has 0 rings (SSSR count). The van der Waals surface area contributed by atoms with Crippen molar-refractivity contribution in [3.05, 3.63) is 10.1 Å². The molecule has 1 atom stereocenters. The first-order chi connectivity index (χ1) is 7.19. The van der Waals surface area contributed by atoms with Crippen LogP contribution in [0, 0.1) is 10.1 Å². The maximum atomic E-state index is 11.6. The predicted octanol–water partition coefficient (Wildman–Crippen LogP) is 1.34. The molecular weight excluding hydrogens is 214 g/mol. The Morgan fingerprint density at radius 3 is 2.19 bits per heavy atom. The minimum absolute atomic E-state index is 0.0601. The SMILES string of the molecule is CCCC(C=O)(C(=O)OC(C)(C)C)[N+](=O)[O-]. The van der Waals surface area contributed by atoms with Gasteiger partial charge in [0.15, 0.2) is 0 Å². The van der Waals surface area contributed by atoms with Crippen LogP contribution in [0.3, 0.4) is 0 Å². The number of rotatable bonds is 5. The summed E-state index contributed by atoms with van der Waals surface area (Å²) in [4.78, 5) is 32.5. The van der Waals surface area contributed by atoms with E-state index >= 15 is 0 Å². The Bertz CT molecular complexity index is 294. The van der Waals surface area contributed by atoms with Gasteiger partial charge in [0.25, 0.3) is 0 Å². The molecule has 6 nitrogen and oxygen atoms in total. The topological polar surface area (TPSA) is 86.5 Å². The van der Waals surface area contributed by atoms with E-state index in [0.29, 0.717) is 6.42 Å². The average molecular weight is 231 g/mol. The molecule has 0 radical (unpaired) electrons. The average Bonchev–Trinajstić information content (AvgIpc) is 2.10. The molecule has 0 aliphatic rings. The zero-order valence-corrected chi connectivity index (χ0v) is 9.98. The van der Waals surface area contributed by atoms with Gasteiger partial charge in [-0.3, -0.25) is 14.9 Å². The summed E-state index contributed by atoms with van der Waals surface area (Å²) in [7, 11) is 0. The van der Waals surface area contributed by atoms with E-state index < -0.39 is 22.0 Å². The number of carbonyl (C=O) groups excluding carboxylic acids is 2. The van der Waals surface area contributed by atoms with E-state index in [4.69, 9.17) is 4.74 Å². The van der Waals surface area contributed by atoms with Crippen molar-refractivity contribution in [1.82, 2.24) is 0 Å². The summed E-state index contributed by atoms with van der Waals surface area (Å²) in [6.45, 7) is 6.43. The zero-order valence-electron chi connectivity index (χ0n) is 9.98. The second kappa shape index (κ2) is 5.05. The third-order valence-corrected chi connectivity index (χ3v) is 1.90. The van der Waals surface area contributed by atoms with Gasteiger partial charge in [-0.1, -0.05) is 6.92 Å². The van der Waals surface area contributed by atoms with Gasteiger partial charge in [-0.2, -0.15) is 0 Å². The molecule has 0 bridgehead atoms. The van der Waals surface area contributed by atoms with Crippen LogP contribution >= 0.6 is 0 Å². The molecule has 0 heterocycles. The normalized spacial score (nSPS) is 15.0. The first kappa shape index (κ1) is 14.5. The lowest BCUT2D eigenvalue weighted by atomic mass is 9.96. The minimum atomic E-state index is -2.26. The first-order valence-electron chi connectivity index (χ1n) is 5.04. The molecule has 0 N–H and O–H groups in total. The first-order valence-corrected chi connectivity index (χ1v) is 5.04. The predicted molar refractivity (Wildman–Crippen MR) is 56.5 cm³/mol. The van der Waals surface area contributed by atoms with E-state index in [1.165, 1.54) is 0 Å². The molecule has 0 aromatic heterocycles. The molecule has 0 saturated heterocycles. The van der Waals surface area contributed by atoms with Crippen molar-refractivity contribution in [1.29, 1.82) is 0 Å². The van der Waals surface area contributed by atoms with E-state index in [2.05, 4.69) is 0 Å². The van der Waals surface area contributed by atoms with Crippen molar-refractivity contribution in [2.75, 3.05) is 0 Å². The Kier molecular flexibility index (Phi) is 4.59. The monoisotopic (exact) mass is 231 g/mol. The van der Waals surface area contributed by atoms with E-state index in [1.54, 1.807) is 27.7 Å². The fourth-order valence-electron chi connectivity index (χ4n) is 1.17. The van der Waals surface area contributed by atoms with Crippen LogP contribution in [-0.2, 0) is 14.3 Å². The molecule has 0 aliphatic carbocycles. The highest BCUT2D eigenvalue weighted by atomic mass is 16.6. The van der Waals surface area contributed by atoms with Gasteiger partial charge in [0.2, 0.25) is 6.29 Å². The van der Waals surface area contributed by atoms with Gasteiger partial charge in [0, 0.05) is 11.3 Å². The summed E-state index contributed by atoms with van der Waals surface area (Å²) in [5.74, 6) is -1.10. The van der Waals surface area contributed by atoms with Gasteiger partial charge in [0.1, 0.15) is 5.60 Å². The smallest absolute Gasteiger partial charge is 0.393 e. The standard InChI is InChI=1S/C10H17NO5/c1-5-6-10(7-12,11(14)15)8(13)16-9(2,3)4/h7H,5-6H2,1-4H3. The molecule has 16 heavy (non-hydrogen) atoms. The van der Waals surface area contributed by atoms with Gasteiger partial charge < -0.3 is 4.74 Å². The van der Waals surface area contributed by atoms with Gasteiger partial charge in [-0.15, -0.1) is 0 Å². The molecule has 0 fully saturated rings. The molecular formula is C10H17NO5.